The van der Waals surface area contributed by atoms with E-state index in [4.69, 9.17) is 0 Å². The normalized spacial score (nSPS) is 19.7. The van der Waals surface area contributed by atoms with E-state index < -0.39 is 0 Å². The van der Waals surface area contributed by atoms with Gasteiger partial charge in [-0.1, -0.05) is 0 Å². The van der Waals surface area contributed by atoms with Crippen molar-refractivity contribution in [1.82, 2.24) is 29.2 Å². The minimum absolute atomic E-state index is 0.00840. The van der Waals surface area contributed by atoms with E-state index in [2.05, 4.69) is 15.1 Å². The number of fused-ring (bicyclic) bond motifs is 1. The minimum Gasteiger partial charge on any atom is -0.337 e. The van der Waals surface area contributed by atoms with Gasteiger partial charge in [0.25, 0.3) is 5.91 Å². The summed E-state index contributed by atoms with van der Waals surface area (Å²) in [4.78, 5) is 35.3. The molecule has 1 saturated carbocycles. The predicted molar refractivity (Wildman–Crippen MR) is 94.8 cm³/mol. The van der Waals surface area contributed by atoms with Crippen molar-refractivity contribution in [3.63, 3.8) is 0 Å². The quantitative estimate of drug-likeness (QED) is 0.817. The first kappa shape index (κ1) is 16.9. The molecule has 4 rings (SSSR count). The Labute approximate surface area is 151 Å². The maximum atomic E-state index is 12.7. The maximum absolute atomic E-state index is 12.7. The molecule has 0 aromatic carbocycles. The Kier molecular flexibility index (Phi) is 4.34. The maximum Gasteiger partial charge on any atom is 0.345 e. The summed E-state index contributed by atoms with van der Waals surface area (Å²) in [5.41, 5.74) is 1.13. The van der Waals surface area contributed by atoms with Crippen LogP contribution in [0.1, 0.15) is 47.7 Å². The van der Waals surface area contributed by atoms with Crippen LogP contribution in [0.15, 0.2) is 17.2 Å². The van der Waals surface area contributed by atoms with Crippen molar-refractivity contribution in [2.75, 3.05) is 7.05 Å². The highest BCUT2D eigenvalue weighted by Crippen LogP contribution is 2.30. The van der Waals surface area contributed by atoms with Crippen LogP contribution in [0.2, 0.25) is 0 Å². The van der Waals surface area contributed by atoms with E-state index >= 15 is 0 Å². The molecule has 0 saturated heterocycles. The summed E-state index contributed by atoms with van der Waals surface area (Å²) < 4.78 is 3.41. The van der Waals surface area contributed by atoms with Crippen LogP contribution in [-0.4, -0.2) is 48.2 Å². The predicted octanol–water partition coefficient (Wildman–Crippen LogP) is 1.03. The van der Waals surface area contributed by atoms with Gasteiger partial charge in [-0.25, -0.2) is 14.5 Å². The van der Waals surface area contributed by atoms with Gasteiger partial charge in [0.15, 0.2) is 0 Å². The molecule has 3 heterocycles. The van der Waals surface area contributed by atoms with E-state index in [0.717, 1.165) is 30.9 Å². The van der Waals surface area contributed by atoms with Gasteiger partial charge < -0.3 is 4.90 Å². The van der Waals surface area contributed by atoms with Crippen molar-refractivity contribution in [2.45, 2.75) is 58.2 Å². The van der Waals surface area contributed by atoms with Crippen molar-refractivity contribution >= 4 is 5.91 Å². The average Bonchev–Trinajstić information content (AvgIpc) is 3.43. The van der Waals surface area contributed by atoms with E-state index in [9.17, 15) is 9.59 Å². The lowest BCUT2D eigenvalue weighted by molar-refractivity contribution is 0.0709. The van der Waals surface area contributed by atoms with Gasteiger partial charge in [-0.15, -0.1) is 0 Å². The Hall–Kier alpha value is -2.51. The van der Waals surface area contributed by atoms with E-state index in [-0.39, 0.29) is 17.6 Å². The fourth-order valence-corrected chi connectivity index (χ4v) is 3.51. The van der Waals surface area contributed by atoms with E-state index in [1.807, 2.05) is 6.92 Å². The molecular formula is C18H24N6O2. The van der Waals surface area contributed by atoms with Gasteiger partial charge >= 0.3 is 5.69 Å². The lowest BCUT2D eigenvalue weighted by Crippen LogP contribution is -2.38. The Morgan fingerprint density at radius 3 is 2.73 bits per heavy atom. The largest absolute Gasteiger partial charge is 0.345 e. The van der Waals surface area contributed by atoms with E-state index in [1.165, 1.54) is 19.0 Å². The minimum atomic E-state index is -0.131. The Morgan fingerprint density at radius 2 is 2.04 bits per heavy atom. The number of carbonyl (C=O) groups excluding carboxylic acids is 1. The van der Waals surface area contributed by atoms with Crippen LogP contribution in [0.25, 0.3) is 0 Å². The first-order chi connectivity index (χ1) is 12.5. The van der Waals surface area contributed by atoms with Crippen molar-refractivity contribution in [3.05, 3.63) is 40.1 Å². The number of amides is 1. The Morgan fingerprint density at radius 1 is 1.23 bits per heavy atom. The fourth-order valence-electron chi connectivity index (χ4n) is 3.51. The van der Waals surface area contributed by atoms with Crippen LogP contribution in [0.4, 0.5) is 0 Å². The molecule has 1 atom stereocenters. The summed E-state index contributed by atoms with van der Waals surface area (Å²) in [6, 6.07) is 0.0589. The molecule has 1 fully saturated rings. The molecule has 8 nitrogen and oxygen atoms in total. The van der Waals surface area contributed by atoms with Gasteiger partial charge in [-0.2, -0.15) is 5.10 Å². The fraction of sp³-hybridized carbons (Fsp3) is 0.611. The van der Waals surface area contributed by atoms with E-state index in [0.29, 0.717) is 24.6 Å². The number of aryl methyl sites for hydroxylation is 2. The average molecular weight is 356 g/mol. The highest BCUT2D eigenvalue weighted by Gasteiger charge is 2.28. The molecule has 0 spiro atoms. The summed E-state index contributed by atoms with van der Waals surface area (Å²) in [5, 5.41) is 4.54. The number of aromatic nitrogens is 5. The van der Waals surface area contributed by atoms with Gasteiger partial charge in [-0.3, -0.25) is 14.3 Å². The summed E-state index contributed by atoms with van der Waals surface area (Å²) in [5.74, 6) is 1.33. The van der Waals surface area contributed by atoms with Crippen LogP contribution < -0.4 is 5.69 Å². The number of hydrogen-bond donors (Lipinski definition) is 0. The second-order valence-corrected chi connectivity index (χ2v) is 7.42. The molecule has 138 valence electrons. The highest BCUT2D eigenvalue weighted by molar-refractivity contribution is 5.92. The van der Waals surface area contributed by atoms with Crippen molar-refractivity contribution in [2.24, 2.45) is 5.92 Å². The molecule has 2 aliphatic rings. The molecule has 0 N–H and O–H groups in total. The molecule has 0 bridgehead atoms. The van der Waals surface area contributed by atoms with Gasteiger partial charge in [0.2, 0.25) is 0 Å². The third-order valence-electron chi connectivity index (χ3n) is 5.38. The van der Waals surface area contributed by atoms with Gasteiger partial charge in [0, 0.05) is 38.8 Å². The molecule has 2 aromatic rings. The topological polar surface area (TPSA) is 85.9 Å². The molecule has 2 aromatic heterocycles. The van der Waals surface area contributed by atoms with Crippen molar-refractivity contribution < 1.29 is 4.79 Å². The molecule has 1 unspecified atom stereocenters. The number of hydrogen-bond acceptors (Lipinski definition) is 5. The summed E-state index contributed by atoms with van der Waals surface area (Å²) in [7, 11) is 1.80. The third-order valence-corrected chi connectivity index (χ3v) is 5.38. The molecule has 1 aliphatic heterocycles. The monoisotopic (exact) mass is 356 g/mol. The lowest BCUT2D eigenvalue weighted by atomic mass is 10.1. The zero-order valence-corrected chi connectivity index (χ0v) is 15.3. The van der Waals surface area contributed by atoms with Gasteiger partial charge in [0.1, 0.15) is 11.5 Å². The molecule has 8 heteroatoms. The van der Waals surface area contributed by atoms with Crippen LogP contribution in [0.5, 0.6) is 0 Å². The highest BCUT2D eigenvalue weighted by atomic mass is 16.2. The molecule has 1 aliphatic carbocycles. The third kappa shape index (κ3) is 3.27. The second-order valence-electron chi connectivity index (χ2n) is 7.42. The number of rotatable bonds is 4. The molecular weight excluding hydrogens is 332 g/mol. The smallest absolute Gasteiger partial charge is 0.337 e. The lowest BCUT2D eigenvalue weighted by Gasteiger charge is -2.26. The molecule has 0 radical (unpaired) electrons. The second kappa shape index (κ2) is 6.66. The van der Waals surface area contributed by atoms with Crippen LogP contribution >= 0.6 is 0 Å². The van der Waals surface area contributed by atoms with Gasteiger partial charge in [-0.05, 0) is 38.5 Å². The van der Waals surface area contributed by atoms with Crippen molar-refractivity contribution in [1.29, 1.82) is 0 Å². The van der Waals surface area contributed by atoms with Crippen LogP contribution in [0.3, 0.4) is 0 Å². The summed E-state index contributed by atoms with van der Waals surface area (Å²) >= 11 is 0. The number of carbonyl (C=O) groups is 1. The Bertz CT molecular complexity index is 865. The SMILES string of the molecule is Cc1cnc(C(=O)N(C)C2CCc3nn(CC4CC4)c(=O)n3CC2)cn1. The van der Waals surface area contributed by atoms with Crippen LogP contribution in [0, 0.1) is 12.8 Å². The Balaban J connectivity index is 1.45. The van der Waals surface area contributed by atoms with Gasteiger partial charge in [0.05, 0.1) is 11.9 Å². The van der Waals surface area contributed by atoms with E-state index in [1.54, 1.807) is 27.4 Å². The summed E-state index contributed by atoms with van der Waals surface area (Å²) in [6.45, 7) is 3.18. The first-order valence-corrected chi connectivity index (χ1v) is 9.25. The van der Waals surface area contributed by atoms with Crippen LogP contribution in [-0.2, 0) is 19.5 Å². The standard InChI is InChI=1S/C18H24N6O2/c1-12-9-20-15(10-19-12)17(25)22(2)14-5-6-16-21-24(11-13-3-4-13)18(26)23(16)8-7-14/h9-10,13-14H,3-8,11H2,1-2H3. The zero-order valence-electron chi connectivity index (χ0n) is 15.3. The first-order valence-electron chi connectivity index (χ1n) is 9.25. The zero-order chi connectivity index (χ0) is 18.3. The summed E-state index contributed by atoms with van der Waals surface area (Å²) in [6.07, 6.45) is 7.76. The van der Waals surface area contributed by atoms with Crippen molar-refractivity contribution in [3.8, 4) is 0 Å². The number of nitrogens with zero attached hydrogens (tertiary/aromatic N) is 6. The molecule has 1 amide bonds. The molecule has 26 heavy (non-hydrogen) atoms.